The Kier molecular flexibility index (Phi) is 3.90. The van der Waals surface area contributed by atoms with Crippen molar-refractivity contribution in [1.82, 2.24) is 4.57 Å². The minimum atomic E-state index is 0.653. The molecular weight excluding hydrogens is 308 g/mol. The smallest absolute Gasteiger partial charge is 0.283 e. The summed E-state index contributed by atoms with van der Waals surface area (Å²) in [4.78, 5) is 0. The number of nitrogens with zero attached hydrogens (tertiary/aromatic N) is 2. The summed E-state index contributed by atoms with van der Waals surface area (Å²) in [5, 5.41) is 0.760. The summed E-state index contributed by atoms with van der Waals surface area (Å²) in [6.45, 7) is 3.16. The molecule has 0 spiro atoms. The van der Waals surface area contributed by atoms with Crippen LogP contribution in [0.5, 0.6) is 0 Å². The Bertz CT molecular complexity index is 809. The molecule has 3 nitrogen and oxygen atoms in total. The van der Waals surface area contributed by atoms with Gasteiger partial charge in [-0.2, -0.15) is 0 Å². The van der Waals surface area contributed by atoms with Crippen molar-refractivity contribution in [2.75, 3.05) is 6.61 Å². The van der Waals surface area contributed by atoms with E-state index in [1.54, 1.807) is 0 Å². The van der Waals surface area contributed by atoms with Crippen molar-refractivity contribution in [2.24, 2.45) is 0 Å². The van der Waals surface area contributed by atoms with Crippen molar-refractivity contribution in [3.05, 3.63) is 77.2 Å². The van der Waals surface area contributed by atoms with Crippen LogP contribution in [-0.4, -0.2) is 11.2 Å². The normalized spacial score (nSPS) is 13.8. The third-order valence-corrected chi connectivity index (χ3v) is 4.50. The molecule has 1 aromatic heterocycles. The molecule has 1 aliphatic heterocycles. The van der Waals surface area contributed by atoms with Gasteiger partial charge in [-0.3, -0.25) is 0 Å². The van der Waals surface area contributed by atoms with Gasteiger partial charge < -0.3 is 4.74 Å². The fourth-order valence-corrected chi connectivity index (χ4v) is 3.19. The van der Waals surface area contributed by atoms with E-state index in [2.05, 4.69) is 51.7 Å². The van der Waals surface area contributed by atoms with Gasteiger partial charge in [-0.05, 0) is 29.8 Å². The lowest BCUT2D eigenvalue weighted by molar-refractivity contribution is -0.716. The predicted octanol–water partition coefficient (Wildman–Crippen LogP) is 3.67. The maximum Gasteiger partial charge on any atom is 0.283 e. The second-order valence-electron chi connectivity index (χ2n) is 5.76. The molecule has 0 amide bonds. The van der Waals surface area contributed by atoms with Crippen molar-refractivity contribution in [1.29, 1.82) is 0 Å². The van der Waals surface area contributed by atoms with E-state index in [1.165, 1.54) is 22.6 Å². The van der Waals surface area contributed by atoms with Crippen LogP contribution in [0.25, 0.3) is 11.3 Å². The van der Waals surface area contributed by atoms with Gasteiger partial charge >= 0.3 is 0 Å². The number of halogens is 1. The van der Waals surface area contributed by atoms with Crippen LogP contribution in [-0.2, 0) is 24.4 Å². The third kappa shape index (κ3) is 2.90. The lowest BCUT2D eigenvalue weighted by atomic mass is 10.1. The largest absolute Gasteiger partial charge is 0.365 e. The molecule has 1 aliphatic rings. The van der Waals surface area contributed by atoms with Crippen LogP contribution in [0.3, 0.4) is 0 Å². The third-order valence-electron chi connectivity index (χ3n) is 4.24. The molecule has 0 unspecified atom stereocenters. The molecule has 0 radical (unpaired) electrons. The minimum Gasteiger partial charge on any atom is -0.365 e. The molecule has 4 rings (SSSR count). The lowest BCUT2D eigenvalue weighted by Gasteiger charge is -2.11. The Morgan fingerprint density at radius 3 is 2.61 bits per heavy atom. The van der Waals surface area contributed by atoms with Gasteiger partial charge in [-0.25, -0.2) is 9.13 Å². The first-order valence-corrected chi connectivity index (χ1v) is 8.18. The molecule has 0 saturated heterocycles. The zero-order valence-electron chi connectivity index (χ0n) is 12.8. The maximum atomic E-state index is 6.04. The Hall–Kier alpha value is -2.10. The summed E-state index contributed by atoms with van der Waals surface area (Å²) in [6, 6.07) is 18.6. The lowest BCUT2D eigenvalue weighted by Crippen LogP contribution is -2.43. The van der Waals surface area contributed by atoms with Gasteiger partial charge in [0.25, 0.3) is 5.82 Å². The Balaban J connectivity index is 1.81. The molecule has 2 aromatic carbocycles. The summed E-state index contributed by atoms with van der Waals surface area (Å²) in [5.41, 5.74) is 3.66. The highest BCUT2D eigenvalue weighted by Gasteiger charge is 2.27. The average Bonchev–Trinajstić information content (AvgIpc) is 2.95. The number of benzene rings is 2. The number of rotatable bonds is 3. The van der Waals surface area contributed by atoms with E-state index in [-0.39, 0.29) is 0 Å². The summed E-state index contributed by atoms with van der Waals surface area (Å²) in [7, 11) is 0. The number of imidazole rings is 1. The zero-order chi connectivity index (χ0) is 15.6. The van der Waals surface area contributed by atoms with Gasteiger partial charge in [0.15, 0.2) is 5.69 Å². The van der Waals surface area contributed by atoms with Crippen LogP contribution in [0, 0.1) is 0 Å². The molecule has 0 fully saturated rings. The van der Waals surface area contributed by atoms with Gasteiger partial charge in [0.1, 0.15) is 25.9 Å². The molecule has 23 heavy (non-hydrogen) atoms. The van der Waals surface area contributed by atoms with Crippen molar-refractivity contribution in [2.45, 2.75) is 19.7 Å². The van der Waals surface area contributed by atoms with Crippen LogP contribution < -0.4 is 4.57 Å². The molecule has 0 N–H and O–H groups in total. The van der Waals surface area contributed by atoms with E-state index < -0.39 is 0 Å². The van der Waals surface area contributed by atoms with E-state index in [0.29, 0.717) is 6.61 Å². The van der Waals surface area contributed by atoms with Crippen LogP contribution in [0.4, 0.5) is 0 Å². The maximum absolute atomic E-state index is 6.04. The summed E-state index contributed by atoms with van der Waals surface area (Å²) in [6.07, 6.45) is 2.23. The topological polar surface area (TPSA) is 18.0 Å². The fourth-order valence-electron chi connectivity index (χ4n) is 3.06. The summed E-state index contributed by atoms with van der Waals surface area (Å²) < 4.78 is 10.3. The van der Waals surface area contributed by atoms with Gasteiger partial charge in [0.2, 0.25) is 0 Å². The first-order valence-electron chi connectivity index (χ1n) is 7.81. The summed E-state index contributed by atoms with van der Waals surface area (Å²) in [5.74, 6) is 1.21. The Labute approximate surface area is 140 Å². The number of ether oxygens (including phenoxy) is 1. The SMILES string of the molecule is Clc1ccc(-c2c[n+]3c(n2Cc2ccccc2)COCC3)cc1. The average molecular weight is 326 g/mol. The molecule has 3 aromatic rings. The molecule has 2 heterocycles. The Morgan fingerprint density at radius 1 is 1.04 bits per heavy atom. The highest BCUT2D eigenvalue weighted by atomic mass is 35.5. The number of fused-ring (bicyclic) bond motifs is 1. The van der Waals surface area contributed by atoms with Gasteiger partial charge in [-0.1, -0.05) is 41.9 Å². The standard InChI is InChI=1S/C19H18ClN2O/c20-17-8-6-16(7-9-17)18-13-21-10-11-23-14-19(21)22(18)12-15-4-2-1-3-5-15/h1-9,13H,10-12,14H2/q+1. The van der Waals surface area contributed by atoms with Gasteiger partial charge in [0, 0.05) is 10.6 Å². The first-order chi connectivity index (χ1) is 11.3. The molecule has 116 valence electrons. The molecule has 0 saturated carbocycles. The minimum absolute atomic E-state index is 0.653. The second kappa shape index (κ2) is 6.19. The van der Waals surface area contributed by atoms with E-state index in [9.17, 15) is 0 Å². The second-order valence-corrected chi connectivity index (χ2v) is 6.19. The van der Waals surface area contributed by atoms with Crippen LogP contribution >= 0.6 is 11.6 Å². The van der Waals surface area contributed by atoms with E-state index in [0.717, 1.165) is 24.7 Å². The number of hydrogen-bond acceptors (Lipinski definition) is 1. The van der Waals surface area contributed by atoms with E-state index in [4.69, 9.17) is 16.3 Å². The molecular formula is C19H18ClN2O+. The predicted molar refractivity (Wildman–Crippen MR) is 90.3 cm³/mol. The molecule has 0 bridgehead atoms. The van der Waals surface area contributed by atoms with Crippen molar-refractivity contribution < 1.29 is 9.30 Å². The first kappa shape index (κ1) is 14.5. The fraction of sp³-hybridized carbons (Fsp3) is 0.211. The molecule has 4 heteroatoms. The number of hydrogen-bond donors (Lipinski definition) is 0. The molecule has 0 atom stereocenters. The monoisotopic (exact) mass is 325 g/mol. The Morgan fingerprint density at radius 2 is 1.83 bits per heavy atom. The van der Waals surface area contributed by atoms with Crippen LogP contribution in [0.2, 0.25) is 5.02 Å². The van der Waals surface area contributed by atoms with Gasteiger partial charge in [-0.15, -0.1) is 0 Å². The highest BCUT2D eigenvalue weighted by molar-refractivity contribution is 6.30. The van der Waals surface area contributed by atoms with E-state index in [1.807, 2.05) is 18.2 Å². The van der Waals surface area contributed by atoms with Crippen molar-refractivity contribution in [3.8, 4) is 11.3 Å². The van der Waals surface area contributed by atoms with Gasteiger partial charge in [0.05, 0.1) is 6.61 Å². The highest BCUT2D eigenvalue weighted by Crippen LogP contribution is 2.24. The molecule has 0 aliphatic carbocycles. The van der Waals surface area contributed by atoms with Crippen LogP contribution in [0.15, 0.2) is 60.8 Å². The van der Waals surface area contributed by atoms with Crippen molar-refractivity contribution in [3.63, 3.8) is 0 Å². The zero-order valence-corrected chi connectivity index (χ0v) is 13.5. The quantitative estimate of drug-likeness (QED) is 0.672. The number of aromatic nitrogens is 2. The van der Waals surface area contributed by atoms with E-state index >= 15 is 0 Å². The van der Waals surface area contributed by atoms with Crippen molar-refractivity contribution >= 4 is 11.6 Å². The van der Waals surface area contributed by atoms with Crippen LogP contribution in [0.1, 0.15) is 11.4 Å². The summed E-state index contributed by atoms with van der Waals surface area (Å²) >= 11 is 6.04.